The van der Waals surface area contributed by atoms with Crippen LogP contribution in [0.5, 0.6) is 0 Å². The molecule has 0 radical (unpaired) electrons. The van der Waals surface area contributed by atoms with Crippen LogP contribution in [0.1, 0.15) is 21.6 Å². The first-order chi connectivity index (χ1) is 11.1. The lowest BCUT2D eigenvalue weighted by Crippen LogP contribution is -2.35. The molecule has 3 aromatic rings. The molecule has 0 aliphatic carbocycles. The molecule has 0 saturated carbocycles. The number of hydrogen-bond donors (Lipinski definition) is 1. The molecular weight excluding hydrogens is 359 g/mol. The van der Waals surface area contributed by atoms with Crippen LogP contribution in [0.15, 0.2) is 46.9 Å². The Morgan fingerprint density at radius 1 is 1.22 bits per heavy atom. The molecular formula is C18H14BrFN2O. The third kappa shape index (κ3) is 2.45. The maximum absolute atomic E-state index is 13.6. The lowest BCUT2D eigenvalue weighted by atomic mass is 10.0. The van der Waals surface area contributed by atoms with Gasteiger partial charge in [0, 0.05) is 46.1 Å². The highest BCUT2D eigenvalue weighted by Gasteiger charge is 2.25. The van der Waals surface area contributed by atoms with Gasteiger partial charge in [-0.05, 0) is 46.3 Å². The molecule has 23 heavy (non-hydrogen) atoms. The van der Waals surface area contributed by atoms with E-state index in [4.69, 9.17) is 0 Å². The van der Waals surface area contributed by atoms with Gasteiger partial charge in [0.05, 0.1) is 5.56 Å². The largest absolute Gasteiger partial charge is 0.358 e. The van der Waals surface area contributed by atoms with Gasteiger partial charge in [-0.1, -0.05) is 12.1 Å². The highest BCUT2D eigenvalue weighted by atomic mass is 79.9. The van der Waals surface area contributed by atoms with Crippen LogP contribution in [0.3, 0.4) is 0 Å². The monoisotopic (exact) mass is 372 g/mol. The minimum atomic E-state index is -0.256. The Balaban J connectivity index is 1.71. The summed E-state index contributed by atoms with van der Waals surface area (Å²) in [6, 6.07) is 12.2. The van der Waals surface area contributed by atoms with Crippen molar-refractivity contribution < 1.29 is 9.18 Å². The molecule has 0 unspecified atom stereocenters. The van der Waals surface area contributed by atoms with E-state index in [9.17, 15) is 9.18 Å². The molecule has 1 aliphatic rings. The van der Waals surface area contributed by atoms with Gasteiger partial charge in [0.15, 0.2) is 0 Å². The number of fused-ring (bicyclic) bond motifs is 3. The van der Waals surface area contributed by atoms with Crippen molar-refractivity contribution in [1.29, 1.82) is 0 Å². The van der Waals surface area contributed by atoms with Crippen LogP contribution in [0.2, 0.25) is 0 Å². The molecule has 2 aromatic carbocycles. The predicted molar refractivity (Wildman–Crippen MR) is 90.8 cm³/mol. The Morgan fingerprint density at radius 2 is 2.04 bits per heavy atom. The van der Waals surface area contributed by atoms with Crippen molar-refractivity contribution in [3.05, 3.63) is 69.6 Å². The topological polar surface area (TPSA) is 36.1 Å². The summed E-state index contributed by atoms with van der Waals surface area (Å²) in [4.78, 5) is 17.9. The number of hydrogen-bond acceptors (Lipinski definition) is 1. The number of aromatic nitrogens is 1. The van der Waals surface area contributed by atoms with Crippen LogP contribution in [-0.2, 0) is 13.0 Å². The summed E-state index contributed by atoms with van der Waals surface area (Å²) < 4.78 is 14.3. The van der Waals surface area contributed by atoms with E-state index >= 15 is 0 Å². The number of halogens is 2. The summed E-state index contributed by atoms with van der Waals surface area (Å²) in [6.45, 7) is 1.15. The van der Waals surface area contributed by atoms with Crippen LogP contribution in [0.4, 0.5) is 4.39 Å². The van der Waals surface area contributed by atoms with Gasteiger partial charge in [-0.25, -0.2) is 4.39 Å². The zero-order chi connectivity index (χ0) is 16.0. The Labute approximate surface area is 141 Å². The molecule has 4 rings (SSSR count). The molecule has 0 bridgehead atoms. The molecule has 116 valence electrons. The van der Waals surface area contributed by atoms with Crippen LogP contribution in [-0.4, -0.2) is 22.3 Å². The highest BCUT2D eigenvalue weighted by molar-refractivity contribution is 9.10. The molecule has 1 amide bonds. The second-order valence-electron chi connectivity index (χ2n) is 5.73. The minimum Gasteiger partial charge on any atom is -0.358 e. The number of nitrogens with one attached hydrogen (secondary N) is 1. The Kier molecular flexibility index (Phi) is 3.45. The normalized spacial score (nSPS) is 14.1. The number of aromatic amines is 1. The SMILES string of the molecule is O=C(c1ccccc1Br)N1CCc2[nH]c3ccc(F)cc3c2C1. The van der Waals surface area contributed by atoms with Gasteiger partial charge in [-0.15, -0.1) is 0 Å². The van der Waals surface area contributed by atoms with E-state index in [-0.39, 0.29) is 11.7 Å². The summed E-state index contributed by atoms with van der Waals surface area (Å²) in [6.07, 6.45) is 0.752. The third-order valence-corrected chi connectivity index (χ3v) is 5.02. The molecule has 3 nitrogen and oxygen atoms in total. The first-order valence-electron chi connectivity index (χ1n) is 7.46. The fourth-order valence-corrected chi connectivity index (χ4v) is 3.62. The van der Waals surface area contributed by atoms with Gasteiger partial charge in [0.25, 0.3) is 5.91 Å². The van der Waals surface area contributed by atoms with E-state index in [1.807, 2.05) is 29.2 Å². The van der Waals surface area contributed by atoms with Crippen molar-refractivity contribution in [2.45, 2.75) is 13.0 Å². The van der Waals surface area contributed by atoms with E-state index in [1.165, 1.54) is 12.1 Å². The van der Waals surface area contributed by atoms with Gasteiger partial charge in [0.1, 0.15) is 5.82 Å². The highest BCUT2D eigenvalue weighted by Crippen LogP contribution is 2.29. The predicted octanol–water partition coefficient (Wildman–Crippen LogP) is 4.27. The maximum Gasteiger partial charge on any atom is 0.255 e. The maximum atomic E-state index is 13.6. The molecule has 0 fully saturated rings. The Bertz CT molecular complexity index is 919. The van der Waals surface area contributed by atoms with Crippen molar-refractivity contribution in [1.82, 2.24) is 9.88 Å². The molecule has 0 atom stereocenters. The lowest BCUT2D eigenvalue weighted by Gasteiger charge is -2.27. The van der Waals surface area contributed by atoms with Crippen molar-refractivity contribution in [3.63, 3.8) is 0 Å². The van der Waals surface area contributed by atoms with E-state index in [0.717, 1.165) is 33.1 Å². The number of benzene rings is 2. The zero-order valence-electron chi connectivity index (χ0n) is 12.3. The Hall–Kier alpha value is -2.14. The van der Waals surface area contributed by atoms with E-state index < -0.39 is 0 Å². The van der Waals surface area contributed by atoms with Gasteiger partial charge in [-0.2, -0.15) is 0 Å². The zero-order valence-corrected chi connectivity index (χ0v) is 13.9. The quantitative estimate of drug-likeness (QED) is 0.680. The van der Waals surface area contributed by atoms with Gasteiger partial charge >= 0.3 is 0 Å². The first-order valence-corrected chi connectivity index (χ1v) is 8.25. The summed E-state index contributed by atoms with van der Waals surface area (Å²) in [5.41, 5.74) is 3.70. The molecule has 1 aromatic heterocycles. The summed E-state index contributed by atoms with van der Waals surface area (Å²) in [5, 5.41) is 0.865. The average Bonchev–Trinajstić information content (AvgIpc) is 2.92. The van der Waals surface area contributed by atoms with E-state index in [0.29, 0.717) is 18.7 Å². The lowest BCUT2D eigenvalue weighted by molar-refractivity contribution is 0.0734. The summed E-state index contributed by atoms with van der Waals surface area (Å²) in [5.74, 6) is -0.262. The van der Waals surface area contributed by atoms with Crippen molar-refractivity contribution in [3.8, 4) is 0 Å². The van der Waals surface area contributed by atoms with E-state index in [2.05, 4.69) is 20.9 Å². The van der Waals surface area contributed by atoms with Crippen molar-refractivity contribution in [2.24, 2.45) is 0 Å². The standard InChI is InChI=1S/C18H14BrFN2O/c19-15-4-2-1-3-12(15)18(23)22-8-7-17-14(10-22)13-9-11(20)5-6-16(13)21-17/h1-6,9,21H,7-8,10H2. The van der Waals surface area contributed by atoms with E-state index in [1.54, 1.807) is 6.07 Å². The molecule has 1 N–H and O–H groups in total. The fraction of sp³-hybridized carbons (Fsp3) is 0.167. The van der Waals surface area contributed by atoms with Gasteiger partial charge in [0.2, 0.25) is 0 Å². The summed E-state index contributed by atoms with van der Waals surface area (Å²) in [7, 11) is 0. The summed E-state index contributed by atoms with van der Waals surface area (Å²) >= 11 is 3.43. The van der Waals surface area contributed by atoms with Gasteiger partial charge < -0.3 is 9.88 Å². The number of nitrogens with zero attached hydrogens (tertiary/aromatic N) is 1. The first kappa shape index (κ1) is 14.5. The third-order valence-electron chi connectivity index (χ3n) is 4.33. The van der Waals surface area contributed by atoms with Crippen LogP contribution in [0.25, 0.3) is 10.9 Å². The second-order valence-corrected chi connectivity index (χ2v) is 6.58. The molecule has 5 heteroatoms. The smallest absolute Gasteiger partial charge is 0.255 e. The fourth-order valence-electron chi connectivity index (χ4n) is 3.16. The molecule has 0 spiro atoms. The van der Waals surface area contributed by atoms with Crippen molar-refractivity contribution in [2.75, 3.05) is 6.54 Å². The second kappa shape index (κ2) is 5.49. The van der Waals surface area contributed by atoms with Gasteiger partial charge in [-0.3, -0.25) is 4.79 Å². The average molecular weight is 373 g/mol. The van der Waals surface area contributed by atoms with Crippen LogP contribution >= 0.6 is 15.9 Å². The van der Waals surface area contributed by atoms with Crippen LogP contribution < -0.4 is 0 Å². The number of amides is 1. The number of carbonyl (C=O) groups excluding carboxylic acids is 1. The molecule has 2 heterocycles. The van der Waals surface area contributed by atoms with Crippen LogP contribution in [0, 0.1) is 5.82 Å². The van der Waals surface area contributed by atoms with Crippen molar-refractivity contribution >= 4 is 32.7 Å². The number of H-pyrrole nitrogens is 1. The number of rotatable bonds is 1. The Morgan fingerprint density at radius 3 is 2.87 bits per heavy atom. The molecule has 0 saturated heterocycles. The molecule has 1 aliphatic heterocycles. The number of carbonyl (C=O) groups is 1. The minimum absolute atomic E-state index is 0.00567.